The molecule has 1 aromatic rings. The Kier molecular flexibility index (Phi) is 8.72. The molecule has 27 heavy (non-hydrogen) atoms. The molecule has 0 radical (unpaired) electrons. The topological polar surface area (TPSA) is 80.4 Å². The number of primary amides is 1. The predicted octanol–water partition coefficient (Wildman–Crippen LogP) is 3.51. The zero-order chi connectivity index (χ0) is 19.5. The summed E-state index contributed by atoms with van der Waals surface area (Å²) in [5.41, 5.74) is 6.31. The molecule has 0 heterocycles. The molecule has 0 aliphatic heterocycles. The van der Waals surface area contributed by atoms with E-state index in [1.807, 2.05) is 48.6 Å². The number of nitrogens with two attached hydrogens (primary N) is 1. The second-order valence-corrected chi connectivity index (χ2v) is 6.99. The van der Waals surface area contributed by atoms with Crippen LogP contribution in [0.1, 0.15) is 37.7 Å². The summed E-state index contributed by atoms with van der Waals surface area (Å²) in [6, 6.07) is 10.1. The fourth-order valence-electron chi connectivity index (χ4n) is 3.19. The zero-order valence-electron chi connectivity index (χ0n) is 15.7. The van der Waals surface area contributed by atoms with Gasteiger partial charge in [0.25, 0.3) is 0 Å². The van der Waals surface area contributed by atoms with Crippen LogP contribution in [0.25, 0.3) is 0 Å². The quantitative estimate of drug-likeness (QED) is 0.464. The van der Waals surface area contributed by atoms with E-state index in [0.717, 1.165) is 25.7 Å². The molecule has 144 valence electrons. The Morgan fingerprint density at radius 3 is 2.74 bits per heavy atom. The van der Waals surface area contributed by atoms with E-state index >= 15 is 0 Å². The van der Waals surface area contributed by atoms with Crippen LogP contribution in [-0.4, -0.2) is 22.9 Å². The standard InChI is InChI=1S/C23H29NO3/c24-23(27)11-7-2-1-6-10-19-13-17-22(26)21(19)16-15-20(25)14-12-18-8-4-3-5-9-18/h1,3-6,8-9,13,15-17,19-21,25H,2,7,10-12,14H2,(H2,24,27)/t19-,20?,21+/m0/s1. The number of amides is 1. The minimum absolute atomic E-state index is 0.0913. The van der Waals surface area contributed by atoms with E-state index in [1.54, 1.807) is 12.2 Å². The summed E-state index contributed by atoms with van der Waals surface area (Å²) in [5, 5.41) is 10.2. The average molecular weight is 367 g/mol. The van der Waals surface area contributed by atoms with Crippen molar-refractivity contribution in [1.82, 2.24) is 0 Å². The first kappa shape index (κ1) is 20.8. The van der Waals surface area contributed by atoms with Gasteiger partial charge in [-0.25, -0.2) is 0 Å². The first-order chi connectivity index (χ1) is 13.1. The van der Waals surface area contributed by atoms with Gasteiger partial charge in [0, 0.05) is 12.3 Å². The molecule has 0 saturated carbocycles. The van der Waals surface area contributed by atoms with Crippen LogP contribution in [0, 0.1) is 11.8 Å². The van der Waals surface area contributed by atoms with E-state index in [2.05, 4.69) is 6.08 Å². The van der Waals surface area contributed by atoms with Gasteiger partial charge in [-0.15, -0.1) is 0 Å². The van der Waals surface area contributed by atoms with Crippen molar-refractivity contribution >= 4 is 11.7 Å². The summed E-state index contributed by atoms with van der Waals surface area (Å²) in [6.45, 7) is 0. The molecule has 0 bridgehead atoms. The highest BCUT2D eigenvalue weighted by Gasteiger charge is 2.26. The Labute approximate surface area is 161 Å². The molecule has 3 atom stereocenters. The van der Waals surface area contributed by atoms with Gasteiger partial charge in [0.15, 0.2) is 5.78 Å². The highest BCUT2D eigenvalue weighted by molar-refractivity contribution is 5.95. The van der Waals surface area contributed by atoms with Gasteiger partial charge in [-0.05, 0) is 49.7 Å². The van der Waals surface area contributed by atoms with E-state index in [9.17, 15) is 14.7 Å². The number of aliphatic hydroxyl groups excluding tert-OH is 1. The number of carbonyl (C=O) groups excluding carboxylic acids is 2. The maximum Gasteiger partial charge on any atom is 0.217 e. The minimum Gasteiger partial charge on any atom is -0.389 e. The monoisotopic (exact) mass is 367 g/mol. The summed E-state index contributed by atoms with van der Waals surface area (Å²) >= 11 is 0. The van der Waals surface area contributed by atoms with Crippen LogP contribution in [0.4, 0.5) is 0 Å². The molecule has 3 N–H and O–H groups in total. The summed E-state index contributed by atoms with van der Waals surface area (Å²) in [7, 11) is 0. The molecule has 1 aromatic carbocycles. The van der Waals surface area contributed by atoms with Crippen molar-refractivity contribution in [2.75, 3.05) is 0 Å². The molecular formula is C23H29NO3. The number of aryl methyl sites for hydroxylation is 1. The van der Waals surface area contributed by atoms with Crippen molar-refractivity contribution < 1.29 is 14.7 Å². The van der Waals surface area contributed by atoms with Crippen molar-refractivity contribution in [2.24, 2.45) is 17.6 Å². The molecule has 0 aromatic heterocycles. The van der Waals surface area contributed by atoms with Crippen molar-refractivity contribution in [3.63, 3.8) is 0 Å². The van der Waals surface area contributed by atoms with Crippen molar-refractivity contribution in [2.45, 2.75) is 44.6 Å². The van der Waals surface area contributed by atoms with Crippen molar-refractivity contribution in [1.29, 1.82) is 0 Å². The van der Waals surface area contributed by atoms with Gasteiger partial charge < -0.3 is 10.8 Å². The molecule has 1 amide bonds. The number of hydrogen-bond acceptors (Lipinski definition) is 3. The fraction of sp³-hybridized carbons (Fsp3) is 0.391. The van der Waals surface area contributed by atoms with Crippen LogP contribution in [0.2, 0.25) is 0 Å². The molecule has 0 spiro atoms. The lowest BCUT2D eigenvalue weighted by atomic mass is 9.90. The molecule has 2 rings (SSSR count). The highest BCUT2D eigenvalue weighted by Crippen LogP contribution is 2.27. The van der Waals surface area contributed by atoms with E-state index in [4.69, 9.17) is 5.73 Å². The minimum atomic E-state index is -0.552. The lowest BCUT2D eigenvalue weighted by molar-refractivity contribution is -0.118. The second kappa shape index (κ2) is 11.3. The SMILES string of the molecule is NC(=O)CCCC=CC[C@H]1C=CC(=O)[C@@H]1C=CC(O)CCc1ccccc1. The first-order valence-corrected chi connectivity index (χ1v) is 9.62. The molecule has 0 saturated heterocycles. The lowest BCUT2D eigenvalue weighted by Crippen LogP contribution is -2.14. The Morgan fingerprint density at radius 1 is 1.22 bits per heavy atom. The van der Waals surface area contributed by atoms with Crippen molar-refractivity contribution in [3.8, 4) is 0 Å². The molecule has 1 aliphatic rings. The van der Waals surface area contributed by atoms with E-state index in [-0.39, 0.29) is 23.5 Å². The summed E-state index contributed by atoms with van der Waals surface area (Å²) < 4.78 is 0. The number of aliphatic hydroxyl groups is 1. The van der Waals surface area contributed by atoms with Gasteiger partial charge in [-0.3, -0.25) is 9.59 Å². The molecule has 1 aliphatic carbocycles. The first-order valence-electron chi connectivity index (χ1n) is 9.62. The Hall–Kier alpha value is -2.46. The second-order valence-electron chi connectivity index (χ2n) is 6.99. The largest absolute Gasteiger partial charge is 0.389 e. The summed E-state index contributed by atoms with van der Waals surface area (Å²) in [5.74, 6) is -0.258. The fourth-order valence-corrected chi connectivity index (χ4v) is 3.19. The maximum absolute atomic E-state index is 12.1. The summed E-state index contributed by atoms with van der Waals surface area (Å²) in [6.07, 6.45) is 14.9. The van der Waals surface area contributed by atoms with E-state index < -0.39 is 6.10 Å². The van der Waals surface area contributed by atoms with Gasteiger partial charge in [-0.1, -0.05) is 60.7 Å². The molecule has 4 heteroatoms. The molecule has 0 fully saturated rings. The van der Waals surface area contributed by atoms with Crippen LogP contribution < -0.4 is 5.73 Å². The maximum atomic E-state index is 12.1. The van der Waals surface area contributed by atoms with Gasteiger partial charge in [0.2, 0.25) is 5.91 Å². The van der Waals surface area contributed by atoms with Crippen LogP contribution in [0.5, 0.6) is 0 Å². The number of benzene rings is 1. The number of hydrogen-bond donors (Lipinski definition) is 2. The number of allylic oxidation sites excluding steroid dienone is 5. The normalized spacial score (nSPS) is 20.7. The number of carbonyl (C=O) groups is 2. The Bertz CT molecular complexity index is 691. The van der Waals surface area contributed by atoms with Gasteiger partial charge >= 0.3 is 0 Å². The predicted molar refractivity (Wildman–Crippen MR) is 108 cm³/mol. The molecule has 1 unspecified atom stereocenters. The smallest absolute Gasteiger partial charge is 0.217 e. The Balaban J connectivity index is 1.77. The van der Waals surface area contributed by atoms with E-state index in [0.29, 0.717) is 12.8 Å². The van der Waals surface area contributed by atoms with Crippen LogP contribution in [0.3, 0.4) is 0 Å². The van der Waals surface area contributed by atoms with E-state index in [1.165, 1.54) is 5.56 Å². The average Bonchev–Trinajstić information content (AvgIpc) is 3.01. The number of rotatable bonds is 11. The summed E-state index contributed by atoms with van der Waals surface area (Å²) in [4.78, 5) is 22.8. The van der Waals surface area contributed by atoms with Crippen LogP contribution in [-0.2, 0) is 16.0 Å². The molecular weight excluding hydrogens is 338 g/mol. The van der Waals surface area contributed by atoms with Gasteiger partial charge in [0.1, 0.15) is 0 Å². The third-order valence-corrected chi connectivity index (χ3v) is 4.78. The van der Waals surface area contributed by atoms with Gasteiger partial charge in [-0.2, -0.15) is 0 Å². The number of unbranched alkanes of at least 4 members (excludes halogenated alkanes) is 1. The van der Waals surface area contributed by atoms with Crippen LogP contribution in [0.15, 0.2) is 66.8 Å². The van der Waals surface area contributed by atoms with Crippen LogP contribution >= 0.6 is 0 Å². The third-order valence-electron chi connectivity index (χ3n) is 4.78. The number of ketones is 1. The van der Waals surface area contributed by atoms with Crippen molar-refractivity contribution in [3.05, 3.63) is 72.4 Å². The Morgan fingerprint density at radius 2 is 2.00 bits per heavy atom. The zero-order valence-corrected chi connectivity index (χ0v) is 15.7. The lowest BCUT2D eigenvalue weighted by Gasteiger charge is -2.13. The highest BCUT2D eigenvalue weighted by atomic mass is 16.3. The third kappa shape index (κ3) is 7.75. The van der Waals surface area contributed by atoms with Gasteiger partial charge in [0.05, 0.1) is 6.10 Å². The molecule has 4 nitrogen and oxygen atoms in total.